The SMILES string of the molecule is Cc1cnc(-c2cc3c(N)ccnc3[nH]2)s1. The van der Waals surface area contributed by atoms with Gasteiger partial charge in [0.1, 0.15) is 10.7 Å². The van der Waals surface area contributed by atoms with Crippen LogP contribution in [0.4, 0.5) is 5.69 Å². The van der Waals surface area contributed by atoms with E-state index >= 15 is 0 Å². The van der Waals surface area contributed by atoms with Gasteiger partial charge in [0, 0.05) is 28.3 Å². The topological polar surface area (TPSA) is 67.6 Å². The molecule has 0 aromatic carbocycles. The average molecular weight is 230 g/mol. The third-order valence-corrected chi connectivity index (χ3v) is 3.36. The van der Waals surface area contributed by atoms with Crippen LogP contribution in [0.5, 0.6) is 0 Å². The van der Waals surface area contributed by atoms with E-state index in [9.17, 15) is 0 Å². The van der Waals surface area contributed by atoms with Crippen molar-refractivity contribution in [3.63, 3.8) is 0 Å². The zero-order valence-corrected chi connectivity index (χ0v) is 9.51. The number of nitrogens with zero attached hydrogens (tertiary/aromatic N) is 2. The summed E-state index contributed by atoms with van der Waals surface area (Å²) in [6.07, 6.45) is 3.56. The van der Waals surface area contributed by atoms with E-state index < -0.39 is 0 Å². The summed E-state index contributed by atoms with van der Waals surface area (Å²) in [6.45, 7) is 2.04. The summed E-state index contributed by atoms with van der Waals surface area (Å²) < 4.78 is 0. The number of rotatable bonds is 1. The number of aromatic nitrogens is 3. The lowest BCUT2D eigenvalue weighted by molar-refractivity contribution is 1.30. The van der Waals surface area contributed by atoms with Gasteiger partial charge in [-0.25, -0.2) is 9.97 Å². The summed E-state index contributed by atoms with van der Waals surface area (Å²) in [5.74, 6) is 0. The normalized spacial score (nSPS) is 11.1. The molecule has 0 bridgehead atoms. The molecule has 0 saturated carbocycles. The summed E-state index contributed by atoms with van der Waals surface area (Å²) in [5.41, 5.74) is 8.39. The Hall–Kier alpha value is -1.88. The summed E-state index contributed by atoms with van der Waals surface area (Å²) in [6, 6.07) is 3.79. The molecule has 0 aliphatic heterocycles. The van der Waals surface area contributed by atoms with Gasteiger partial charge in [-0.1, -0.05) is 0 Å². The molecular formula is C11H10N4S. The summed E-state index contributed by atoms with van der Waals surface area (Å²) in [4.78, 5) is 13.0. The molecular weight excluding hydrogens is 220 g/mol. The zero-order valence-electron chi connectivity index (χ0n) is 8.69. The quantitative estimate of drug-likeness (QED) is 0.675. The van der Waals surface area contributed by atoms with Crippen molar-refractivity contribution in [2.45, 2.75) is 6.92 Å². The highest BCUT2D eigenvalue weighted by molar-refractivity contribution is 7.14. The number of thiazole rings is 1. The number of anilines is 1. The second kappa shape index (κ2) is 3.31. The molecule has 3 aromatic heterocycles. The van der Waals surface area contributed by atoms with E-state index in [1.165, 1.54) is 4.88 Å². The molecule has 0 radical (unpaired) electrons. The number of nitrogens with one attached hydrogen (secondary N) is 1. The first-order valence-electron chi connectivity index (χ1n) is 4.90. The van der Waals surface area contributed by atoms with Crippen molar-refractivity contribution in [1.82, 2.24) is 15.0 Å². The van der Waals surface area contributed by atoms with Crippen molar-refractivity contribution in [3.05, 3.63) is 29.4 Å². The summed E-state index contributed by atoms with van der Waals surface area (Å²) in [5, 5.41) is 1.92. The number of nitrogens with two attached hydrogens (primary N) is 1. The second-order valence-electron chi connectivity index (χ2n) is 3.62. The minimum Gasteiger partial charge on any atom is -0.398 e. The molecule has 3 aromatic rings. The Morgan fingerprint density at radius 3 is 2.94 bits per heavy atom. The van der Waals surface area contributed by atoms with Crippen molar-refractivity contribution in [3.8, 4) is 10.7 Å². The number of hydrogen-bond acceptors (Lipinski definition) is 4. The van der Waals surface area contributed by atoms with Crippen LogP contribution in [0.2, 0.25) is 0 Å². The number of pyridine rings is 1. The van der Waals surface area contributed by atoms with Gasteiger partial charge in [0.05, 0.1) is 5.69 Å². The largest absolute Gasteiger partial charge is 0.398 e. The fourth-order valence-electron chi connectivity index (χ4n) is 1.64. The van der Waals surface area contributed by atoms with Crippen molar-refractivity contribution in [2.24, 2.45) is 0 Å². The predicted molar refractivity (Wildman–Crippen MR) is 66.4 cm³/mol. The predicted octanol–water partition coefficient (Wildman–Crippen LogP) is 2.58. The van der Waals surface area contributed by atoms with Crippen LogP contribution in [0.3, 0.4) is 0 Å². The maximum Gasteiger partial charge on any atom is 0.139 e. The minimum atomic E-state index is 0.737. The molecule has 3 heterocycles. The lowest BCUT2D eigenvalue weighted by Crippen LogP contribution is -1.85. The van der Waals surface area contributed by atoms with Gasteiger partial charge in [0.15, 0.2) is 0 Å². The number of hydrogen-bond donors (Lipinski definition) is 2. The van der Waals surface area contributed by atoms with E-state index in [-0.39, 0.29) is 0 Å². The first kappa shape index (κ1) is 9.35. The lowest BCUT2D eigenvalue weighted by atomic mass is 10.3. The van der Waals surface area contributed by atoms with E-state index in [1.54, 1.807) is 23.6 Å². The van der Waals surface area contributed by atoms with Crippen molar-refractivity contribution in [2.75, 3.05) is 5.73 Å². The van der Waals surface area contributed by atoms with Gasteiger partial charge in [-0.15, -0.1) is 11.3 Å². The Morgan fingerprint density at radius 1 is 1.38 bits per heavy atom. The van der Waals surface area contributed by atoms with Crippen LogP contribution in [0.15, 0.2) is 24.5 Å². The second-order valence-corrected chi connectivity index (χ2v) is 4.86. The molecule has 3 rings (SSSR count). The highest BCUT2D eigenvalue weighted by atomic mass is 32.1. The van der Waals surface area contributed by atoms with Crippen LogP contribution in [-0.4, -0.2) is 15.0 Å². The first-order valence-corrected chi connectivity index (χ1v) is 5.72. The Kier molecular flexibility index (Phi) is 1.94. The highest BCUT2D eigenvalue weighted by Crippen LogP contribution is 2.28. The summed E-state index contributed by atoms with van der Waals surface area (Å²) in [7, 11) is 0. The molecule has 80 valence electrons. The molecule has 0 atom stereocenters. The number of H-pyrrole nitrogens is 1. The van der Waals surface area contributed by atoms with Crippen LogP contribution in [-0.2, 0) is 0 Å². The number of aryl methyl sites for hydroxylation is 1. The van der Waals surface area contributed by atoms with Gasteiger partial charge < -0.3 is 10.7 Å². The smallest absolute Gasteiger partial charge is 0.139 e. The van der Waals surface area contributed by atoms with Crippen LogP contribution in [0, 0.1) is 6.92 Å². The van der Waals surface area contributed by atoms with E-state index in [1.807, 2.05) is 19.2 Å². The molecule has 0 unspecified atom stereocenters. The van der Waals surface area contributed by atoms with Crippen molar-refractivity contribution in [1.29, 1.82) is 0 Å². The Balaban J connectivity index is 2.22. The van der Waals surface area contributed by atoms with Gasteiger partial charge in [0.2, 0.25) is 0 Å². The van der Waals surface area contributed by atoms with Gasteiger partial charge in [-0.3, -0.25) is 0 Å². The zero-order chi connectivity index (χ0) is 11.1. The maximum atomic E-state index is 5.88. The number of fused-ring (bicyclic) bond motifs is 1. The van der Waals surface area contributed by atoms with E-state index in [0.29, 0.717) is 0 Å². The minimum absolute atomic E-state index is 0.737. The van der Waals surface area contributed by atoms with Gasteiger partial charge in [-0.05, 0) is 19.1 Å². The Labute approximate surface area is 96.2 Å². The molecule has 5 heteroatoms. The number of nitrogen functional groups attached to an aromatic ring is 1. The average Bonchev–Trinajstić information content (AvgIpc) is 2.84. The monoisotopic (exact) mass is 230 g/mol. The molecule has 0 aliphatic rings. The molecule has 0 saturated heterocycles. The molecule has 16 heavy (non-hydrogen) atoms. The van der Waals surface area contributed by atoms with Crippen LogP contribution < -0.4 is 5.73 Å². The van der Waals surface area contributed by atoms with E-state index in [4.69, 9.17) is 5.73 Å². The fourth-order valence-corrected chi connectivity index (χ4v) is 2.38. The van der Waals surface area contributed by atoms with Gasteiger partial charge in [0.25, 0.3) is 0 Å². The van der Waals surface area contributed by atoms with Crippen LogP contribution in [0.1, 0.15) is 4.88 Å². The fraction of sp³-hybridized carbons (Fsp3) is 0.0909. The van der Waals surface area contributed by atoms with Crippen LogP contribution in [0.25, 0.3) is 21.7 Å². The molecule has 0 fully saturated rings. The molecule has 0 spiro atoms. The number of aromatic amines is 1. The Bertz CT molecular complexity index is 653. The first-order chi connectivity index (χ1) is 7.74. The molecule has 0 amide bonds. The third kappa shape index (κ3) is 1.37. The lowest BCUT2D eigenvalue weighted by Gasteiger charge is -1.91. The van der Waals surface area contributed by atoms with Crippen molar-refractivity contribution < 1.29 is 0 Å². The third-order valence-electron chi connectivity index (χ3n) is 2.42. The van der Waals surface area contributed by atoms with Crippen molar-refractivity contribution >= 4 is 28.1 Å². The Morgan fingerprint density at radius 2 is 2.25 bits per heavy atom. The highest BCUT2D eigenvalue weighted by Gasteiger charge is 2.08. The summed E-state index contributed by atoms with van der Waals surface area (Å²) >= 11 is 1.65. The van der Waals surface area contributed by atoms with E-state index in [0.717, 1.165) is 27.4 Å². The maximum absolute atomic E-state index is 5.88. The molecule has 3 N–H and O–H groups in total. The standard InChI is InChI=1S/C11H10N4S/c1-6-5-14-11(16-6)9-4-7-8(12)2-3-13-10(7)15-9/h2-5H,1H3,(H3,12,13,15). The van der Waals surface area contributed by atoms with Crippen LogP contribution >= 0.6 is 11.3 Å². The van der Waals surface area contributed by atoms with Gasteiger partial charge in [-0.2, -0.15) is 0 Å². The van der Waals surface area contributed by atoms with E-state index in [2.05, 4.69) is 15.0 Å². The van der Waals surface area contributed by atoms with Gasteiger partial charge >= 0.3 is 0 Å². The molecule has 4 nitrogen and oxygen atoms in total. The molecule has 0 aliphatic carbocycles.